The molecule has 0 radical (unpaired) electrons. The Kier molecular flexibility index (Phi) is 4.11. The first-order valence-electron chi connectivity index (χ1n) is 7.19. The van der Waals surface area contributed by atoms with Crippen LogP contribution >= 0.6 is 0 Å². The summed E-state index contributed by atoms with van der Waals surface area (Å²) in [6.45, 7) is 7.20. The first-order chi connectivity index (χ1) is 8.10. The molecule has 2 aliphatic rings. The minimum atomic E-state index is 0.0410. The van der Waals surface area contributed by atoms with Gasteiger partial charge in [-0.3, -0.25) is 0 Å². The molecular formula is C14H28N2O. The van der Waals surface area contributed by atoms with Gasteiger partial charge in [0.15, 0.2) is 0 Å². The lowest BCUT2D eigenvalue weighted by Gasteiger charge is -2.44. The Hall–Kier alpha value is -0.120. The standard InChI is InChI=1S/C14H28N2O/c1-12-6-3-4-8-14(12,10-15)16-11-13(2)7-5-9-17-13/h12,16H,3-11,15H2,1-2H3. The van der Waals surface area contributed by atoms with Gasteiger partial charge in [0.2, 0.25) is 0 Å². The molecule has 0 bridgehead atoms. The second-order valence-corrected chi connectivity index (χ2v) is 6.26. The van der Waals surface area contributed by atoms with Crippen LogP contribution in [0.1, 0.15) is 52.4 Å². The van der Waals surface area contributed by atoms with Gasteiger partial charge < -0.3 is 15.8 Å². The number of nitrogens with two attached hydrogens (primary N) is 1. The Labute approximate surface area is 105 Å². The van der Waals surface area contributed by atoms with Crippen LogP contribution in [0.25, 0.3) is 0 Å². The summed E-state index contributed by atoms with van der Waals surface area (Å²) in [6.07, 6.45) is 7.57. The van der Waals surface area contributed by atoms with Crippen LogP contribution in [0.5, 0.6) is 0 Å². The van der Waals surface area contributed by atoms with E-state index in [1.807, 2.05) is 0 Å². The molecule has 1 aliphatic heterocycles. The molecule has 0 aromatic heterocycles. The minimum absolute atomic E-state index is 0.0410. The molecule has 0 aromatic carbocycles. The summed E-state index contributed by atoms with van der Waals surface area (Å²) in [6, 6.07) is 0. The zero-order valence-electron chi connectivity index (χ0n) is 11.4. The van der Waals surface area contributed by atoms with Crippen molar-refractivity contribution in [2.75, 3.05) is 19.7 Å². The monoisotopic (exact) mass is 240 g/mol. The van der Waals surface area contributed by atoms with Gasteiger partial charge in [0.05, 0.1) is 5.60 Å². The number of hydrogen-bond acceptors (Lipinski definition) is 3. The summed E-state index contributed by atoms with van der Waals surface area (Å²) in [4.78, 5) is 0. The Balaban J connectivity index is 1.94. The summed E-state index contributed by atoms with van der Waals surface area (Å²) in [7, 11) is 0. The molecule has 1 saturated heterocycles. The maximum atomic E-state index is 6.05. The van der Waals surface area contributed by atoms with Crippen molar-refractivity contribution < 1.29 is 4.74 Å². The highest BCUT2D eigenvalue weighted by molar-refractivity contribution is 4.98. The minimum Gasteiger partial charge on any atom is -0.374 e. The summed E-state index contributed by atoms with van der Waals surface area (Å²) in [5.74, 6) is 0.686. The van der Waals surface area contributed by atoms with Crippen molar-refractivity contribution in [2.45, 2.75) is 63.5 Å². The van der Waals surface area contributed by atoms with E-state index in [1.165, 1.54) is 38.5 Å². The van der Waals surface area contributed by atoms with E-state index in [0.717, 1.165) is 19.7 Å². The molecule has 0 aromatic rings. The van der Waals surface area contributed by atoms with Crippen molar-refractivity contribution in [1.82, 2.24) is 5.32 Å². The van der Waals surface area contributed by atoms with Crippen LogP contribution in [-0.4, -0.2) is 30.8 Å². The molecule has 3 unspecified atom stereocenters. The normalized spacial score (nSPS) is 42.9. The van der Waals surface area contributed by atoms with Gasteiger partial charge in [-0.15, -0.1) is 0 Å². The van der Waals surface area contributed by atoms with Crippen molar-refractivity contribution in [3.8, 4) is 0 Å². The first kappa shape index (κ1) is 13.3. The Morgan fingerprint density at radius 2 is 2.12 bits per heavy atom. The van der Waals surface area contributed by atoms with Crippen LogP contribution in [0.3, 0.4) is 0 Å². The Bertz CT molecular complexity index is 251. The molecular weight excluding hydrogens is 212 g/mol. The molecule has 1 saturated carbocycles. The van der Waals surface area contributed by atoms with Crippen LogP contribution in [0.2, 0.25) is 0 Å². The molecule has 3 atom stereocenters. The molecule has 1 aliphatic carbocycles. The molecule has 3 N–H and O–H groups in total. The molecule has 2 rings (SSSR count). The molecule has 2 fully saturated rings. The average Bonchev–Trinajstić information content (AvgIpc) is 2.76. The predicted octanol–water partition coefficient (Wildman–Crippen LogP) is 2.05. The van der Waals surface area contributed by atoms with E-state index in [9.17, 15) is 0 Å². The Morgan fingerprint density at radius 1 is 1.29 bits per heavy atom. The number of rotatable bonds is 4. The van der Waals surface area contributed by atoms with E-state index in [-0.39, 0.29) is 11.1 Å². The van der Waals surface area contributed by atoms with Gasteiger partial charge in [-0.25, -0.2) is 0 Å². The molecule has 1 heterocycles. The van der Waals surface area contributed by atoms with Crippen molar-refractivity contribution in [2.24, 2.45) is 11.7 Å². The lowest BCUT2D eigenvalue weighted by Crippen LogP contribution is -2.60. The van der Waals surface area contributed by atoms with Crippen LogP contribution in [0, 0.1) is 5.92 Å². The average molecular weight is 240 g/mol. The predicted molar refractivity (Wildman–Crippen MR) is 71.0 cm³/mol. The van der Waals surface area contributed by atoms with Gasteiger partial charge in [-0.1, -0.05) is 19.8 Å². The maximum absolute atomic E-state index is 6.05. The molecule has 0 spiro atoms. The number of hydrogen-bond donors (Lipinski definition) is 2. The first-order valence-corrected chi connectivity index (χ1v) is 7.19. The number of nitrogens with one attached hydrogen (secondary N) is 1. The molecule has 0 amide bonds. The lowest BCUT2D eigenvalue weighted by molar-refractivity contribution is 0.00747. The quantitative estimate of drug-likeness (QED) is 0.790. The van der Waals surface area contributed by atoms with Gasteiger partial charge in [0.1, 0.15) is 0 Å². The maximum Gasteiger partial charge on any atom is 0.0779 e. The van der Waals surface area contributed by atoms with E-state index >= 15 is 0 Å². The summed E-state index contributed by atoms with van der Waals surface area (Å²) >= 11 is 0. The van der Waals surface area contributed by atoms with Gasteiger partial charge in [0, 0.05) is 25.2 Å². The Morgan fingerprint density at radius 3 is 2.71 bits per heavy atom. The van der Waals surface area contributed by atoms with Crippen molar-refractivity contribution in [1.29, 1.82) is 0 Å². The summed E-state index contributed by atoms with van der Waals surface area (Å²) < 4.78 is 5.85. The van der Waals surface area contributed by atoms with Crippen molar-refractivity contribution in [3.05, 3.63) is 0 Å². The lowest BCUT2D eigenvalue weighted by atomic mass is 9.73. The van der Waals surface area contributed by atoms with Crippen LogP contribution in [0.4, 0.5) is 0 Å². The van der Waals surface area contributed by atoms with E-state index in [4.69, 9.17) is 10.5 Å². The highest BCUT2D eigenvalue weighted by atomic mass is 16.5. The van der Waals surface area contributed by atoms with Crippen LogP contribution in [-0.2, 0) is 4.74 Å². The topological polar surface area (TPSA) is 47.3 Å². The van der Waals surface area contributed by atoms with E-state index in [1.54, 1.807) is 0 Å². The van der Waals surface area contributed by atoms with Crippen molar-refractivity contribution >= 4 is 0 Å². The van der Waals surface area contributed by atoms with E-state index in [0.29, 0.717) is 5.92 Å². The molecule has 3 nitrogen and oxygen atoms in total. The molecule has 100 valence electrons. The van der Waals surface area contributed by atoms with Crippen molar-refractivity contribution in [3.63, 3.8) is 0 Å². The smallest absolute Gasteiger partial charge is 0.0779 e. The largest absolute Gasteiger partial charge is 0.374 e. The zero-order valence-corrected chi connectivity index (χ0v) is 11.4. The molecule has 17 heavy (non-hydrogen) atoms. The fourth-order valence-corrected chi connectivity index (χ4v) is 3.39. The SMILES string of the molecule is CC1CCCCC1(CN)NCC1(C)CCCO1. The van der Waals surface area contributed by atoms with Gasteiger partial charge in [-0.05, 0) is 38.5 Å². The highest BCUT2D eigenvalue weighted by Crippen LogP contribution is 2.34. The summed E-state index contributed by atoms with van der Waals surface area (Å²) in [5.41, 5.74) is 6.25. The van der Waals surface area contributed by atoms with Crippen LogP contribution in [0.15, 0.2) is 0 Å². The van der Waals surface area contributed by atoms with E-state index in [2.05, 4.69) is 19.2 Å². The van der Waals surface area contributed by atoms with Crippen LogP contribution < -0.4 is 11.1 Å². The fourth-order valence-electron chi connectivity index (χ4n) is 3.39. The number of ether oxygens (including phenoxy) is 1. The third-order valence-corrected chi connectivity index (χ3v) is 4.93. The van der Waals surface area contributed by atoms with E-state index < -0.39 is 0 Å². The van der Waals surface area contributed by atoms with Gasteiger partial charge >= 0.3 is 0 Å². The zero-order chi connectivity index (χ0) is 12.4. The fraction of sp³-hybridized carbons (Fsp3) is 1.00. The summed E-state index contributed by atoms with van der Waals surface area (Å²) in [5, 5.41) is 3.77. The third-order valence-electron chi connectivity index (χ3n) is 4.93. The highest BCUT2D eigenvalue weighted by Gasteiger charge is 2.39. The second-order valence-electron chi connectivity index (χ2n) is 6.26. The second kappa shape index (κ2) is 5.25. The van der Waals surface area contributed by atoms with Gasteiger partial charge in [-0.2, -0.15) is 0 Å². The van der Waals surface area contributed by atoms with Gasteiger partial charge in [0.25, 0.3) is 0 Å². The third kappa shape index (κ3) is 2.83. The molecule has 3 heteroatoms.